The quantitative estimate of drug-likeness (QED) is 0.614. The van der Waals surface area contributed by atoms with Crippen molar-refractivity contribution in [2.24, 2.45) is 0 Å². The van der Waals surface area contributed by atoms with E-state index >= 15 is 0 Å². The Balaban J connectivity index is 1.99. The third-order valence-corrected chi connectivity index (χ3v) is 3.29. The number of para-hydroxylation sites is 1. The Bertz CT molecular complexity index is 871. The molecule has 7 nitrogen and oxygen atoms in total. The molecule has 0 aromatic heterocycles. The molecule has 0 heterocycles. The first kappa shape index (κ1) is 18.7. The van der Waals surface area contributed by atoms with Crippen molar-refractivity contribution < 1.29 is 19.1 Å². The van der Waals surface area contributed by atoms with Crippen LogP contribution in [0.25, 0.3) is 0 Å². The highest BCUT2D eigenvalue weighted by atomic mass is 16.5. The lowest BCUT2D eigenvalue weighted by molar-refractivity contribution is -0.123. The van der Waals surface area contributed by atoms with Crippen LogP contribution in [0.5, 0.6) is 0 Å². The molecule has 0 fully saturated rings. The topological polar surface area (TPSA) is 108 Å². The van der Waals surface area contributed by atoms with Gasteiger partial charge < -0.3 is 15.4 Å². The smallest absolute Gasteiger partial charge is 0.340 e. The number of rotatable bonds is 6. The number of carbonyl (C=O) groups excluding carboxylic acids is 3. The van der Waals surface area contributed by atoms with E-state index in [2.05, 4.69) is 10.6 Å². The molecule has 0 saturated heterocycles. The van der Waals surface area contributed by atoms with Crippen molar-refractivity contribution in [1.29, 1.82) is 5.26 Å². The third kappa shape index (κ3) is 5.18. The van der Waals surface area contributed by atoms with Crippen molar-refractivity contribution in [3.8, 4) is 6.07 Å². The van der Waals surface area contributed by atoms with E-state index in [0.717, 1.165) is 0 Å². The van der Waals surface area contributed by atoms with Gasteiger partial charge in [-0.3, -0.25) is 9.59 Å². The number of hydrogen-bond acceptors (Lipinski definition) is 5. The molecule has 0 saturated carbocycles. The molecule has 2 aromatic carbocycles. The molecule has 0 spiro atoms. The molecule has 0 atom stereocenters. The average Bonchev–Trinajstić information content (AvgIpc) is 2.62. The second kappa shape index (κ2) is 8.99. The van der Waals surface area contributed by atoms with E-state index in [4.69, 9.17) is 10.00 Å². The average molecular weight is 351 g/mol. The van der Waals surface area contributed by atoms with Gasteiger partial charge in [-0.15, -0.1) is 0 Å². The Morgan fingerprint density at radius 3 is 2.50 bits per heavy atom. The number of anilines is 2. The van der Waals surface area contributed by atoms with Crippen LogP contribution in [0.3, 0.4) is 0 Å². The van der Waals surface area contributed by atoms with Crippen molar-refractivity contribution in [3.63, 3.8) is 0 Å². The fourth-order valence-electron chi connectivity index (χ4n) is 2.19. The van der Waals surface area contributed by atoms with Crippen LogP contribution in [0.1, 0.15) is 29.3 Å². The lowest BCUT2D eigenvalue weighted by Crippen LogP contribution is -2.22. The molecule has 0 aliphatic rings. The Hall–Kier alpha value is -3.66. The molecule has 2 N–H and O–H groups in total. The third-order valence-electron chi connectivity index (χ3n) is 3.29. The lowest BCUT2D eigenvalue weighted by Gasteiger charge is -2.10. The second-order valence-corrected chi connectivity index (χ2v) is 5.23. The van der Waals surface area contributed by atoms with Crippen LogP contribution in [0.4, 0.5) is 11.4 Å². The van der Waals surface area contributed by atoms with Crippen LogP contribution in [-0.2, 0) is 14.3 Å². The molecule has 132 valence electrons. The van der Waals surface area contributed by atoms with Crippen LogP contribution in [0, 0.1) is 11.3 Å². The fourth-order valence-corrected chi connectivity index (χ4v) is 2.19. The zero-order chi connectivity index (χ0) is 18.9. The monoisotopic (exact) mass is 351 g/mol. The maximum atomic E-state index is 12.1. The Morgan fingerprint density at radius 1 is 1.04 bits per heavy atom. The van der Waals surface area contributed by atoms with Gasteiger partial charge >= 0.3 is 5.97 Å². The molecule has 0 radical (unpaired) electrons. The van der Waals surface area contributed by atoms with E-state index in [1.165, 1.54) is 12.1 Å². The Kier molecular flexibility index (Phi) is 6.46. The number of nitrogens with zero attached hydrogens (tertiary/aromatic N) is 1. The van der Waals surface area contributed by atoms with Gasteiger partial charge in [-0.1, -0.05) is 18.2 Å². The molecule has 0 aliphatic carbocycles. The summed E-state index contributed by atoms with van der Waals surface area (Å²) in [5.41, 5.74) is 1.31. The van der Waals surface area contributed by atoms with Gasteiger partial charge in [0.2, 0.25) is 11.8 Å². The van der Waals surface area contributed by atoms with Gasteiger partial charge in [-0.25, -0.2) is 4.79 Å². The van der Waals surface area contributed by atoms with Gasteiger partial charge in [0.05, 0.1) is 29.5 Å². The summed E-state index contributed by atoms with van der Waals surface area (Å²) in [6, 6.07) is 14.7. The molecule has 2 amide bonds. The minimum absolute atomic E-state index is 0.213. The lowest BCUT2D eigenvalue weighted by atomic mass is 10.1. The number of benzene rings is 2. The van der Waals surface area contributed by atoms with E-state index < -0.39 is 24.2 Å². The number of hydrogen-bond donors (Lipinski definition) is 2. The van der Waals surface area contributed by atoms with E-state index in [-0.39, 0.29) is 17.9 Å². The summed E-state index contributed by atoms with van der Waals surface area (Å²) >= 11 is 0. The Labute approximate surface area is 150 Å². The summed E-state index contributed by atoms with van der Waals surface area (Å²) in [6.07, 6.45) is -0.437. The minimum atomic E-state index is -0.573. The zero-order valence-electron chi connectivity index (χ0n) is 14.1. The summed E-state index contributed by atoms with van der Waals surface area (Å²) in [7, 11) is 0. The van der Waals surface area contributed by atoms with E-state index in [9.17, 15) is 14.4 Å². The molecule has 26 heavy (non-hydrogen) atoms. The highest BCUT2D eigenvalue weighted by Crippen LogP contribution is 2.17. The maximum Gasteiger partial charge on any atom is 0.340 e. The van der Waals surface area contributed by atoms with Crippen LogP contribution in [0.2, 0.25) is 0 Å². The van der Waals surface area contributed by atoms with Gasteiger partial charge in [-0.2, -0.15) is 5.26 Å². The number of esters is 1. The number of nitrogens with one attached hydrogen (secondary N) is 2. The van der Waals surface area contributed by atoms with Crippen molar-refractivity contribution in [1.82, 2.24) is 0 Å². The van der Waals surface area contributed by atoms with Crippen molar-refractivity contribution in [2.45, 2.75) is 13.3 Å². The van der Waals surface area contributed by atoms with Crippen LogP contribution in [0.15, 0.2) is 48.5 Å². The van der Waals surface area contributed by atoms with Gasteiger partial charge in [0, 0.05) is 5.69 Å². The molecular weight excluding hydrogens is 334 g/mol. The summed E-state index contributed by atoms with van der Waals surface area (Å²) in [5, 5.41) is 13.9. The van der Waals surface area contributed by atoms with Crippen molar-refractivity contribution in [3.05, 3.63) is 59.7 Å². The molecule has 2 rings (SSSR count). The van der Waals surface area contributed by atoms with Gasteiger partial charge in [-0.05, 0) is 37.3 Å². The largest absolute Gasteiger partial charge is 0.462 e. The molecule has 0 unspecified atom stereocenters. The maximum absolute atomic E-state index is 12.1. The normalized spacial score (nSPS) is 9.69. The standard InChI is InChI=1S/C19H17N3O4/c1-2-26-19(25)15-8-3-4-9-16(15)22-18(24)11-17(23)21-14-7-5-6-13(10-14)12-20/h3-10H,2,11H2,1H3,(H,21,23)(H,22,24). The second-order valence-electron chi connectivity index (χ2n) is 5.23. The summed E-state index contributed by atoms with van der Waals surface area (Å²) in [6.45, 7) is 1.90. The van der Waals surface area contributed by atoms with Gasteiger partial charge in [0.25, 0.3) is 0 Å². The summed E-state index contributed by atoms with van der Waals surface area (Å²) in [4.78, 5) is 36.0. The van der Waals surface area contributed by atoms with E-state index in [1.54, 1.807) is 43.3 Å². The molecular formula is C19H17N3O4. The number of amides is 2. The van der Waals surface area contributed by atoms with E-state index in [1.807, 2.05) is 6.07 Å². The Morgan fingerprint density at radius 2 is 1.77 bits per heavy atom. The first-order valence-corrected chi connectivity index (χ1v) is 7.89. The zero-order valence-corrected chi connectivity index (χ0v) is 14.1. The predicted molar refractivity (Wildman–Crippen MR) is 95.4 cm³/mol. The van der Waals surface area contributed by atoms with Crippen LogP contribution < -0.4 is 10.6 Å². The number of nitriles is 1. The highest BCUT2D eigenvalue weighted by Gasteiger charge is 2.16. The first-order valence-electron chi connectivity index (χ1n) is 7.89. The molecule has 7 heteroatoms. The predicted octanol–water partition coefficient (Wildman–Crippen LogP) is 2.70. The molecule has 0 aliphatic heterocycles. The van der Waals surface area contributed by atoms with Crippen LogP contribution >= 0.6 is 0 Å². The summed E-state index contributed by atoms with van der Waals surface area (Å²) < 4.78 is 4.94. The first-order chi connectivity index (χ1) is 12.5. The number of carbonyl (C=O) groups is 3. The molecule has 0 bridgehead atoms. The molecule has 2 aromatic rings. The fraction of sp³-hybridized carbons (Fsp3) is 0.158. The highest BCUT2D eigenvalue weighted by molar-refractivity contribution is 6.10. The van der Waals surface area contributed by atoms with Crippen molar-refractivity contribution >= 4 is 29.2 Å². The SMILES string of the molecule is CCOC(=O)c1ccccc1NC(=O)CC(=O)Nc1cccc(C#N)c1. The number of ether oxygens (including phenoxy) is 1. The van der Waals surface area contributed by atoms with Crippen molar-refractivity contribution in [2.75, 3.05) is 17.2 Å². The minimum Gasteiger partial charge on any atom is -0.462 e. The van der Waals surface area contributed by atoms with Gasteiger partial charge in [0.1, 0.15) is 6.42 Å². The summed E-state index contributed by atoms with van der Waals surface area (Å²) in [5.74, 6) is -1.66. The van der Waals surface area contributed by atoms with E-state index in [0.29, 0.717) is 11.3 Å². The van der Waals surface area contributed by atoms with Gasteiger partial charge in [0.15, 0.2) is 0 Å². The van der Waals surface area contributed by atoms with Crippen LogP contribution in [-0.4, -0.2) is 24.4 Å².